The molecular formula is C20H16FN3O4S2. The number of aliphatic hydroxyl groups is 1. The van der Waals surface area contributed by atoms with E-state index in [9.17, 15) is 19.1 Å². The Morgan fingerprint density at radius 3 is 2.80 bits per heavy atom. The molecule has 3 aromatic rings. The number of ketones is 1. The van der Waals surface area contributed by atoms with E-state index in [-0.39, 0.29) is 22.0 Å². The van der Waals surface area contributed by atoms with Gasteiger partial charge in [0.1, 0.15) is 11.9 Å². The number of carbonyl (C=O) groups excluding carboxylic acids is 2. The molecule has 0 unspecified atom stereocenters. The average Bonchev–Trinajstić information content (AvgIpc) is 3.48. The number of benzene rings is 1. The quantitative estimate of drug-likeness (QED) is 0.324. The van der Waals surface area contributed by atoms with Crippen molar-refractivity contribution in [2.45, 2.75) is 23.7 Å². The number of nitrogens with zero attached hydrogens (tertiary/aromatic N) is 3. The molecule has 1 amide bonds. The highest BCUT2D eigenvalue weighted by molar-refractivity contribution is 8.01. The number of anilines is 1. The largest absolute Gasteiger partial charge is 0.503 e. The maximum absolute atomic E-state index is 14.7. The number of aromatic nitrogens is 2. The summed E-state index contributed by atoms with van der Waals surface area (Å²) < 4.78 is 20.5. The Labute approximate surface area is 179 Å². The Hall–Kier alpha value is -2.98. The lowest BCUT2D eigenvalue weighted by Gasteiger charge is -2.24. The van der Waals surface area contributed by atoms with Gasteiger partial charge in [0.05, 0.1) is 11.8 Å². The van der Waals surface area contributed by atoms with Gasteiger partial charge in [0.25, 0.3) is 5.91 Å². The fourth-order valence-corrected chi connectivity index (χ4v) is 4.91. The summed E-state index contributed by atoms with van der Waals surface area (Å²) in [6.45, 7) is 2.03. The van der Waals surface area contributed by atoms with E-state index in [0.29, 0.717) is 4.34 Å². The SMILES string of the molecule is CCCSc1nnc(N2C(=O)C(O)=C(C(=O)c3ccco3)[C@@H]2c2ccccc2F)s1. The Balaban J connectivity index is 1.82. The molecule has 0 radical (unpaired) electrons. The Kier molecular flexibility index (Phi) is 5.69. The van der Waals surface area contributed by atoms with Gasteiger partial charge in [0.15, 0.2) is 15.9 Å². The van der Waals surface area contributed by atoms with Crippen molar-refractivity contribution >= 4 is 39.9 Å². The van der Waals surface area contributed by atoms with Crippen LogP contribution in [0.4, 0.5) is 9.52 Å². The number of Topliss-reactive ketones (excluding diaryl/α,β-unsaturated/α-hetero) is 1. The molecule has 10 heteroatoms. The summed E-state index contributed by atoms with van der Waals surface area (Å²) >= 11 is 2.62. The van der Waals surface area contributed by atoms with Gasteiger partial charge in [0, 0.05) is 11.3 Å². The molecule has 7 nitrogen and oxygen atoms in total. The zero-order valence-corrected chi connectivity index (χ0v) is 17.4. The van der Waals surface area contributed by atoms with E-state index in [1.807, 2.05) is 6.92 Å². The number of hydrogen-bond acceptors (Lipinski definition) is 8. The van der Waals surface area contributed by atoms with Crippen LogP contribution in [0.2, 0.25) is 0 Å². The smallest absolute Gasteiger partial charge is 0.296 e. The van der Waals surface area contributed by atoms with Crippen LogP contribution in [0.25, 0.3) is 0 Å². The molecule has 1 aromatic carbocycles. The summed E-state index contributed by atoms with van der Waals surface area (Å²) in [6.07, 6.45) is 2.24. The molecule has 4 rings (SSSR count). The fraction of sp³-hybridized carbons (Fsp3) is 0.200. The monoisotopic (exact) mass is 445 g/mol. The Morgan fingerprint density at radius 2 is 2.10 bits per heavy atom. The molecule has 1 aliphatic rings. The van der Waals surface area contributed by atoms with Crippen LogP contribution in [0.5, 0.6) is 0 Å². The molecule has 154 valence electrons. The van der Waals surface area contributed by atoms with Gasteiger partial charge in [-0.15, -0.1) is 10.2 Å². The molecule has 0 bridgehead atoms. The molecule has 3 heterocycles. The lowest BCUT2D eigenvalue weighted by Crippen LogP contribution is -2.31. The van der Waals surface area contributed by atoms with Crippen molar-refractivity contribution in [2.75, 3.05) is 10.7 Å². The minimum atomic E-state index is -1.20. The summed E-state index contributed by atoms with van der Waals surface area (Å²) in [6, 6.07) is 7.51. The molecule has 2 aromatic heterocycles. The summed E-state index contributed by atoms with van der Waals surface area (Å²) in [5.41, 5.74) is -0.208. The van der Waals surface area contributed by atoms with Crippen LogP contribution in [0.1, 0.15) is 35.5 Å². The van der Waals surface area contributed by atoms with E-state index in [1.165, 1.54) is 48.4 Å². The zero-order chi connectivity index (χ0) is 21.3. The molecule has 0 spiro atoms. The van der Waals surface area contributed by atoms with Gasteiger partial charge in [-0.1, -0.05) is 48.2 Å². The average molecular weight is 445 g/mol. The van der Waals surface area contributed by atoms with Crippen LogP contribution in [0.15, 0.2) is 62.8 Å². The second-order valence-corrected chi connectivity index (χ2v) is 8.66. The zero-order valence-electron chi connectivity index (χ0n) is 15.7. The molecule has 0 saturated carbocycles. The van der Waals surface area contributed by atoms with Gasteiger partial charge in [-0.2, -0.15) is 0 Å². The minimum Gasteiger partial charge on any atom is -0.503 e. The van der Waals surface area contributed by atoms with E-state index in [1.54, 1.807) is 6.07 Å². The van der Waals surface area contributed by atoms with Crippen molar-refractivity contribution in [3.05, 3.63) is 71.1 Å². The standard InChI is InChI=1S/C20H16FN3O4S2/c1-2-10-29-20-23-22-19(30-20)24-15(11-6-3-4-7-12(11)21)14(17(26)18(24)27)16(25)13-8-5-9-28-13/h3-9,15,26H,2,10H2,1H3/t15-/m0/s1. The third-order valence-electron chi connectivity index (χ3n) is 4.43. The molecule has 0 fully saturated rings. The van der Waals surface area contributed by atoms with Gasteiger partial charge in [-0.25, -0.2) is 4.39 Å². The first-order valence-corrected chi connectivity index (χ1v) is 10.9. The van der Waals surface area contributed by atoms with Crippen LogP contribution in [0.3, 0.4) is 0 Å². The van der Waals surface area contributed by atoms with Crippen molar-refractivity contribution in [3.63, 3.8) is 0 Å². The number of aliphatic hydroxyl groups excluding tert-OH is 1. The first-order valence-electron chi connectivity index (χ1n) is 9.08. The van der Waals surface area contributed by atoms with Crippen LogP contribution in [-0.2, 0) is 4.79 Å². The molecule has 30 heavy (non-hydrogen) atoms. The Morgan fingerprint density at radius 1 is 1.30 bits per heavy atom. The van der Waals surface area contributed by atoms with Gasteiger partial charge in [0.2, 0.25) is 10.9 Å². The van der Waals surface area contributed by atoms with Crippen LogP contribution >= 0.6 is 23.1 Å². The number of amides is 1. The van der Waals surface area contributed by atoms with Crippen LogP contribution < -0.4 is 4.90 Å². The van der Waals surface area contributed by atoms with E-state index in [4.69, 9.17) is 4.42 Å². The maximum atomic E-state index is 14.7. The number of rotatable bonds is 7. The van der Waals surface area contributed by atoms with Crippen LogP contribution in [-0.4, -0.2) is 32.7 Å². The van der Waals surface area contributed by atoms with Crippen molar-refractivity contribution in [1.82, 2.24) is 10.2 Å². The number of hydrogen-bond donors (Lipinski definition) is 1. The molecule has 1 N–H and O–H groups in total. The predicted molar refractivity (Wildman–Crippen MR) is 110 cm³/mol. The molecule has 1 aliphatic heterocycles. The number of furan rings is 1. The molecule has 1 atom stereocenters. The van der Waals surface area contributed by atoms with E-state index in [2.05, 4.69) is 10.2 Å². The van der Waals surface area contributed by atoms with Crippen molar-refractivity contribution in [3.8, 4) is 0 Å². The van der Waals surface area contributed by atoms with E-state index >= 15 is 0 Å². The highest BCUT2D eigenvalue weighted by Crippen LogP contribution is 2.44. The van der Waals surface area contributed by atoms with Gasteiger partial charge in [-0.05, 0) is 24.6 Å². The highest BCUT2D eigenvalue weighted by atomic mass is 32.2. The second-order valence-electron chi connectivity index (χ2n) is 6.37. The predicted octanol–water partition coefficient (Wildman–Crippen LogP) is 4.56. The van der Waals surface area contributed by atoms with Gasteiger partial charge < -0.3 is 9.52 Å². The summed E-state index contributed by atoms with van der Waals surface area (Å²) in [5.74, 6) is -2.17. The van der Waals surface area contributed by atoms with Gasteiger partial charge in [-0.3, -0.25) is 14.5 Å². The summed E-state index contributed by atoms with van der Waals surface area (Å²) in [4.78, 5) is 27.1. The van der Waals surface area contributed by atoms with Gasteiger partial charge >= 0.3 is 0 Å². The maximum Gasteiger partial charge on any atom is 0.296 e. The lowest BCUT2D eigenvalue weighted by molar-refractivity contribution is -0.117. The Bertz CT molecular complexity index is 1130. The highest BCUT2D eigenvalue weighted by Gasteiger charge is 2.47. The lowest BCUT2D eigenvalue weighted by atomic mass is 9.95. The number of carbonyl (C=O) groups is 2. The first kappa shape index (κ1) is 20.3. The topological polar surface area (TPSA) is 96.5 Å². The van der Waals surface area contributed by atoms with Crippen molar-refractivity contribution in [2.24, 2.45) is 0 Å². The summed E-state index contributed by atoms with van der Waals surface area (Å²) in [7, 11) is 0. The molecule has 0 aliphatic carbocycles. The third kappa shape index (κ3) is 3.52. The normalized spacial score (nSPS) is 16.5. The van der Waals surface area contributed by atoms with E-state index < -0.39 is 29.3 Å². The van der Waals surface area contributed by atoms with E-state index in [0.717, 1.165) is 28.4 Å². The molecule has 0 saturated heterocycles. The fourth-order valence-electron chi connectivity index (χ4n) is 3.11. The van der Waals surface area contributed by atoms with Crippen molar-refractivity contribution < 1.29 is 23.5 Å². The third-order valence-corrected chi connectivity index (χ3v) is 6.69. The van der Waals surface area contributed by atoms with Crippen molar-refractivity contribution in [1.29, 1.82) is 0 Å². The second kappa shape index (κ2) is 8.41. The number of thioether (sulfide) groups is 1. The number of halogens is 1. The minimum absolute atomic E-state index is 0.0581. The van der Waals surface area contributed by atoms with Crippen LogP contribution in [0, 0.1) is 5.82 Å². The first-order chi connectivity index (χ1) is 14.5. The summed E-state index contributed by atoms with van der Waals surface area (Å²) in [5, 5.41) is 18.9. The molecular weight excluding hydrogens is 429 g/mol.